The Balaban J connectivity index is 2.01. The van der Waals surface area contributed by atoms with E-state index in [1.54, 1.807) is 12.1 Å². The van der Waals surface area contributed by atoms with E-state index in [2.05, 4.69) is 0 Å². The molecule has 1 unspecified atom stereocenters. The minimum absolute atomic E-state index is 0.0224. The first kappa shape index (κ1) is 10.6. The number of likely N-dealkylation sites (tertiary alicyclic amines) is 1. The zero-order valence-corrected chi connectivity index (χ0v) is 9.24. The number of hydrogen-bond acceptors (Lipinski definition) is 2. The monoisotopic (exact) mass is 227 g/mol. The van der Waals surface area contributed by atoms with Crippen LogP contribution in [0, 0.1) is 0 Å². The van der Waals surface area contributed by atoms with E-state index in [4.69, 9.17) is 16.0 Å². The highest BCUT2D eigenvalue weighted by Crippen LogP contribution is 2.17. The summed E-state index contributed by atoms with van der Waals surface area (Å²) in [7, 11) is 0. The molecule has 1 aliphatic heterocycles. The molecule has 0 spiro atoms. The Bertz CT molecular complexity index is 323. The van der Waals surface area contributed by atoms with Crippen molar-refractivity contribution in [3.63, 3.8) is 0 Å². The molecule has 1 atom stereocenters. The smallest absolute Gasteiger partial charge is 0.289 e. The molecule has 1 fully saturated rings. The molecule has 1 aromatic heterocycles. The number of rotatable bonds is 1. The third-order valence-electron chi connectivity index (χ3n) is 2.68. The van der Waals surface area contributed by atoms with Crippen molar-refractivity contribution in [1.29, 1.82) is 0 Å². The van der Waals surface area contributed by atoms with E-state index < -0.39 is 0 Å². The Morgan fingerprint density at radius 3 is 3.07 bits per heavy atom. The molecule has 1 aliphatic rings. The molecule has 1 aromatic rings. The van der Waals surface area contributed by atoms with Gasteiger partial charge in [-0.05, 0) is 31.4 Å². The fourth-order valence-corrected chi connectivity index (χ4v) is 2.07. The van der Waals surface area contributed by atoms with Gasteiger partial charge in [-0.25, -0.2) is 0 Å². The maximum atomic E-state index is 11.9. The number of halogens is 1. The summed E-state index contributed by atoms with van der Waals surface area (Å²) in [6.45, 7) is 1.51. The van der Waals surface area contributed by atoms with Gasteiger partial charge in [0, 0.05) is 18.5 Å². The Labute approximate surface area is 94.0 Å². The highest BCUT2D eigenvalue weighted by atomic mass is 35.5. The molecule has 0 bridgehead atoms. The molecule has 0 radical (unpaired) electrons. The van der Waals surface area contributed by atoms with E-state index in [1.165, 1.54) is 6.26 Å². The zero-order valence-electron chi connectivity index (χ0n) is 8.49. The summed E-state index contributed by atoms with van der Waals surface area (Å²) in [5.41, 5.74) is 0. The summed E-state index contributed by atoms with van der Waals surface area (Å²) in [4.78, 5) is 13.7. The van der Waals surface area contributed by atoms with E-state index >= 15 is 0 Å². The lowest BCUT2D eigenvalue weighted by atomic mass is 10.2. The number of hydrogen-bond donors (Lipinski definition) is 0. The Kier molecular flexibility index (Phi) is 3.31. The third-order valence-corrected chi connectivity index (χ3v) is 3.11. The zero-order chi connectivity index (χ0) is 10.7. The standard InChI is InChI=1S/C11H14ClNO2/c12-9-3-1-6-13(7-5-9)11(14)10-4-2-8-15-10/h2,4,8-9H,1,3,5-7H2. The molecule has 1 amide bonds. The van der Waals surface area contributed by atoms with Crippen LogP contribution in [-0.4, -0.2) is 29.3 Å². The molecule has 4 heteroatoms. The number of carbonyl (C=O) groups is 1. The highest BCUT2D eigenvalue weighted by molar-refractivity contribution is 6.20. The van der Waals surface area contributed by atoms with Gasteiger partial charge in [0.2, 0.25) is 0 Å². The molecule has 82 valence electrons. The predicted octanol–water partition coefficient (Wildman–Crippen LogP) is 2.51. The van der Waals surface area contributed by atoms with Crippen LogP contribution in [-0.2, 0) is 0 Å². The first-order valence-electron chi connectivity index (χ1n) is 5.24. The van der Waals surface area contributed by atoms with Crippen LogP contribution in [0.25, 0.3) is 0 Å². The van der Waals surface area contributed by atoms with Gasteiger partial charge in [-0.3, -0.25) is 4.79 Å². The lowest BCUT2D eigenvalue weighted by Gasteiger charge is -2.18. The predicted molar refractivity (Wildman–Crippen MR) is 58.1 cm³/mol. The maximum Gasteiger partial charge on any atom is 0.289 e. The van der Waals surface area contributed by atoms with Gasteiger partial charge >= 0.3 is 0 Å². The fourth-order valence-electron chi connectivity index (χ4n) is 1.81. The molecule has 0 N–H and O–H groups in total. The summed E-state index contributed by atoms with van der Waals surface area (Å²) in [6.07, 6.45) is 4.35. The van der Waals surface area contributed by atoms with Crippen molar-refractivity contribution < 1.29 is 9.21 Å². The average molecular weight is 228 g/mol. The van der Waals surface area contributed by atoms with Gasteiger partial charge in [0.1, 0.15) is 0 Å². The second kappa shape index (κ2) is 4.71. The molecule has 0 aromatic carbocycles. The normalized spacial score (nSPS) is 22.5. The molecule has 15 heavy (non-hydrogen) atoms. The Morgan fingerprint density at radius 1 is 1.47 bits per heavy atom. The second-order valence-electron chi connectivity index (χ2n) is 3.80. The van der Waals surface area contributed by atoms with Crippen molar-refractivity contribution in [3.05, 3.63) is 24.2 Å². The summed E-state index contributed by atoms with van der Waals surface area (Å²) in [6, 6.07) is 3.43. The summed E-state index contributed by atoms with van der Waals surface area (Å²) < 4.78 is 5.09. The van der Waals surface area contributed by atoms with Crippen LogP contribution in [0.1, 0.15) is 29.8 Å². The van der Waals surface area contributed by atoms with E-state index in [-0.39, 0.29) is 11.3 Å². The molecule has 0 saturated carbocycles. The van der Waals surface area contributed by atoms with E-state index in [0.29, 0.717) is 5.76 Å². The molecule has 1 saturated heterocycles. The van der Waals surface area contributed by atoms with Crippen LogP contribution in [0.3, 0.4) is 0 Å². The van der Waals surface area contributed by atoms with E-state index in [0.717, 1.165) is 32.4 Å². The van der Waals surface area contributed by atoms with Crippen molar-refractivity contribution in [3.8, 4) is 0 Å². The van der Waals surface area contributed by atoms with Crippen molar-refractivity contribution >= 4 is 17.5 Å². The third kappa shape index (κ3) is 2.53. The van der Waals surface area contributed by atoms with Gasteiger partial charge in [0.15, 0.2) is 5.76 Å². The van der Waals surface area contributed by atoms with Crippen LogP contribution >= 0.6 is 11.6 Å². The summed E-state index contributed by atoms with van der Waals surface area (Å²) in [5, 5.41) is 0.208. The number of alkyl halides is 1. The quantitative estimate of drug-likeness (QED) is 0.691. The molecule has 0 aliphatic carbocycles. The number of furan rings is 1. The first-order chi connectivity index (χ1) is 7.27. The van der Waals surface area contributed by atoms with Gasteiger partial charge in [-0.2, -0.15) is 0 Å². The van der Waals surface area contributed by atoms with Crippen LogP contribution in [0.2, 0.25) is 0 Å². The Morgan fingerprint density at radius 2 is 2.33 bits per heavy atom. The highest BCUT2D eigenvalue weighted by Gasteiger charge is 2.21. The van der Waals surface area contributed by atoms with Gasteiger partial charge in [0.05, 0.1) is 6.26 Å². The molecular formula is C11H14ClNO2. The van der Waals surface area contributed by atoms with Gasteiger partial charge < -0.3 is 9.32 Å². The minimum Gasteiger partial charge on any atom is -0.459 e. The number of nitrogens with zero attached hydrogens (tertiary/aromatic N) is 1. The first-order valence-corrected chi connectivity index (χ1v) is 5.68. The van der Waals surface area contributed by atoms with Crippen molar-refractivity contribution in [2.75, 3.05) is 13.1 Å². The van der Waals surface area contributed by atoms with E-state index in [1.807, 2.05) is 4.90 Å². The minimum atomic E-state index is -0.0224. The topological polar surface area (TPSA) is 33.5 Å². The number of carbonyl (C=O) groups excluding carboxylic acids is 1. The van der Waals surface area contributed by atoms with Crippen LogP contribution < -0.4 is 0 Å². The van der Waals surface area contributed by atoms with Crippen LogP contribution in [0.15, 0.2) is 22.8 Å². The maximum absolute atomic E-state index is 11.9. The average Bonchev–Trinajstić information content (AvgIpc) is 2.67. The second-order valence-corrected chi connectivity index (χ2v) is 4.41. The molecule has 2 rings (SSSR count). The fraction of sp³-hybridized carbons (Fsp3) is 0.545. The van der Waals surface area contributed by atoms with Crippen LogP contribution in [0.4, 0.5) is 0 Å². The van der Waals surface area contributed by atoms with E-state index in [9.17, 15) is 4.79 Å². The molecule has 3 nitrogen and oxygen atoms in total. The Hall–Kier alpha value is -0.960. The summed E-state index contributed by atoms with van der Waals surface area (Å²) >= 11 is 6.05. The SMILES string of the molecule is O=C(c1ccco1)N1CCCC(Cl)CC1. The summed E-state index contributed by atoms with van der Waals surface area (Å²) in [5.74, 6) is 0.397. The van der Waals surface area contributed by atoms with Crippen molar-refractivity contribution in [2.45, 2.75) is 24.6 Å². The van der Waals surface area contributed by atoms with Crippen molar-refractivity contribution in [2.24, 2.45) is 0 Å². The lowest BCUT2D eigenvalue weighted by Crippen LogP contribution is -2.31. The van der Waals surface area contributed by atoms with Gasteiger partial charge in [-0.1, -0.05) is 0 Å². The van der Waals surface area contributed by atoms with Crippen molar-refractivity contribution in [1.82, 2.24) is 4.90 Å². The lowest BCUT2D eigenvalue weighted by molar-refractivity contribution is 0.0730. The van der Waals surface area contributed by atoms with Gasteiger partial charge in [0.25, 0.3) is 5.91 Å². The molecular weight excluding hydrogens is 214 g/mol. The van der Waals surface area contributed by atoms with Gasteiger partial charge in [-0.15, -0.1) is 11.6 Å². The van der Waals surface area contributed by atoms with Crippen LogP contribution in [0.5, 0.6) is 0 Å². The number of amides is 1. The molecule has 2 heterocycles. The largest absolute Gasteiger partial charge is 0.459 e.